The smallest absolute Gasteiger partial charge is 0.344 e. The highest BCUT2D eigenvalue weighted by molar-refractivity contribution is 5.91. The zero-order valence-electron chi connectivity index (χ0n) is 11.7. The van der Waals surface area contributed by atoms with Crippen LogP contribution in [0.1, 0.15) is 34.3 Å². The fourth-order valence-electron chi connectivity index (χ4n) is 1.90. The summed E-state index contributed by atoms with van der Waals surface area (Å²) in [7, 11) is 0. The normalized spacial score (nSPS) is 10.4. The zero-order chi connectivity index (χ0) is 15.4. The van der Waals surface area contributed by atoms with Crippen molar-refractivity contribution in [1.29, 1.82) is 0 Å². The monoisotopic (exact) mass is 290 g/mol. The number of carbonyl (C=O) groups excluding carboxylic acids is 1. The summed E-state index contributed by atoms with van der Waals surface area (Å²) in [6, 6.07) is 5.95. The number of esters is 1. The molecule has 21 heavy (non-hydrogen) atoms. The minimum atomic E-state index is -0.544. The van der Waals surface area contributed by atoms with Crippen LogP contribution in [0.4, 0.5) is 5.69 Å². The van der Waals surface area contributed by atoms with Gasteiger partial charge in [0.25, 0.3) is 5.69 Å². The summed E-state index contributed by atoms with van der Waals surface area (Å²) in [5.41, 5.74) is 1.36. The van der Waals surface area contributed by atoms with E-state index in [4.69, 9.17) is 9.26 Å². The lowest BCUT2D eigenvalue weighted by molar-refractivity contribution is -0.384. The van der Waals surface area contributed by atoms with Crippen molar-refractivity contribution < 1.29 is 19.0 Å². The van der Waals surface area contributed by atoms with Crippen LogP contribution in [0.15, 0.2) is 28.8 Å². The van der Waals surface area contributed by atoms with Gasteiger partial charge >= 0.3 is 5.97 Å². The number of aromatic nitrogens is 1. The maximum Gasteiger partial charge on any atom is 0.344 e. The van der Waals surface area contributed by atoms with Crippen molar-refractivity contribution in [2.24, 2.45) is 0 Å². The van der Waals surface area contributed by atoms with Crippen LogP contribution in [-0.4, -0.2) is 16.0 Å². The molecular formula is C14H14N2O5. The second-order valence-corrected chi connectivity index (χ2v) is 4.42. The first kappa shape index (κ1) is 14.7. The number of benzene rings is 1. The maximum absolute atomic E-state index is 12.0. The lowest BCUT2D eigenvalue weighted by Gasteiger charge is -2.05. The highest BCUT2D eigenvalue weighted by Crippen LogP contribution is 2.18. The number of ether oxygens (including phenoxy) is 1. The maximum atomic E-state index is 12.0. The van der Waals surface area contributed by atoms with Gasteiger partial charge in [-0.25, -0.2) is 4.79 Å². The number of nitro groups is 1. The van der Waals surface area contributed by atoms with Gasteiger partial charge in [0, 0.05) is 12.1 Å². The Hall–Kier alpha value is -2.70. The second-order valence-electron chi connectivity index (χ2n) is 4.42. The molecule has 1 aromatic heterocycles. The predicted molar refractivity (Wildman–Crippen MR) is 72.8 cm³/mol. The molecule has 1 aromatic carbocycles. The van der Waals surface area contributed by atoms with E-state index in [0.717, 1.165) is 0 Å². The largest absolute Gasteiger partial charge is 0.457 e. The molecule has 2 rings (SSSR count). The summed E-state index contributed by atoms with van der Waals surface area (Å²) in [4.78, 5) is 22.2. The minimum Gasteiger partial charge on any atom is -0.457 e. The Labute approximate surface area is 120 Å². The number of rotatable bonds is 5. The van der Waals surface area contributed by atoms with Crippen molar-refractivity contribution in [3.05, 3.63) is 57.0 Å². The van der Waals surface area contributed by atoms with Gasteiger partial charge in [-0.1, -0.05) is 24.2 Å². The third-order valence-electron chi connectivity index (χ3n) is 2.96. The van der Waals surface area contributed by atoms with E-state index in [1.165, 1.54) is 12.1 Å². The van der Waals surface area contributed by atoms with E-state index in [-0.39, 0.29) is 12.3 Å². The molecule has 7 nitrogen and oxygen atoms in total. The molecule has 0 amide bonds. The fraction of sp³-hybridized carbons (Fsp3) is 0.286. The molecule has 0 aliphatic heterocycles. The molecule has 0 bridgehead atoms. The third-order valence-corrected chi connectivity index (χ3v) is 2.96. The third kappa shape index (κ3) is 3.25. The molecule has 0 spiro atoms. The van der Waals surface area contributed by atoms with Gasteiger partial charge in [0.05, 0.1) is 10.6 Å². The van der Waals surface area contributed by atoms with Gasteiger partial charge in [-0.15, -0.1) is 0 Å². The molecule has 0 atom stereocenters. The highest BCUT2D eigenvalue weighted by atomic mass is 16.6. The Morgan fingerprint density at radius 1 is 1.48 bits per heavy atom. The molecule has 0 unspecified atom stereocenters. The fourth-order valence-corrected chi connectivity index (χ4v) is 1.90. The van der Waals surface area contributed by atoms with Crippen molar-refractivity contribution in [2.45, 2.75) is 26.9 Å². The quantitative estimate of drug-likeness (QED) is 0.477. The summed E-state index contributed by atoms with van der Waals surface area (Å²) in [5.74, 6) is -0.145. The van der Waals surface area contributed by atoms with Gasteiger partial charge in [-0.3, -0.25) is 10.1 Å². The molecule has 110 valence electrons. The molecule has 0 fully saturated rings. The Morgan fingerprint density at radius 2 is 2.24 bits per heavy atom. The summed E-state index contributed by atoms with van der Waals surface area (Å²) in [6.45, 7) is 3.44. The molecule has 0 N–H and O–H groups in total. The van der Waals surface area contributed by atoms with Crippen LogP contribution in [0.3, 0.4) is 0 Å². The Balaban J connectivity index is 2.09. The number of aryl methyl sites for hydroxylation is 2. The number of non-ortho nitro benzene ring substituents is 1. The van der Waals surface area contributed by atoms with Crippen LogP contribution in [0.5, 0.6) is 0 Å². The molecule has 2 aromatic rings. The van der Waals surface area contributed by atoms with E-state index >= 15 is 0 Å². The van der Waals surface area contributed by atoms with Crippen LogP contribution in [0, 0.1) is 17.0 Å². The number of nitro benzene ring substituents is 1. The molecule has 1 heterocycles. The number of nitrogens with zero attached hydrogens (tertiary/aromatic N) is 2. The van der Waals surface area contributed by atoms with Crippen LogP contribution in [0.2, 0.25) is 0 Å². The minimum absolute atomic E-state index is 0.0426. The van der Waals surface area contributed by atoms with Crippen molar-refractivity contribution >= 4 is 11.7 Å². The molecule has 0 aliphatic rings. The van der Waals surface area contributed by atoms with Gasteiger partial charge in [0.15, 0.2) is 0 Å². The molecule has 7 heteroatoms. The van der Waals surface area contributed by atoms with Crippen LogP contribution in [-0.2, 0) is 17.8 Å². The molecule has 0 radical (unpaired) electrons. The number of hydrogen-bond donors (Lipinski definition) is 0. The average molecular weight is 290 g/mol. The molecule has 0 aliphatic carbocycles. The van der Waals surface area contributed by atoms with Crippen LogP contribution < -0.4 is 0 Å². The zero-order valence-corrected chi connectivity index (χ0v) is 11.7. The topological polar surface area (TPSA) is 95.5 Å². The van der Waals surface area contributed by atoms with Crippen molar-refractivity contribution in [1.82, 2.24) is 5.16 Å². The Kier molecular flexibility index (Phi) is 4.32. The van der Waals surface area contributed by atoms with Gasteiger partial charge in [-0.2, -0.15) is 0 Å². The number of carbonyl (C=O) groups is 1. The van der Waals surface area contributed by atoms with E-state index in [9.17, 15) is 14.9 Å². The summed E-state index contributed by atoms with van der Waals surface area (Å²) in [6.07, 6.45) is 0.554. The lowest BCUT2D eigenvalue weighted by atomic mass is 10.1. The van der Waals surface area contributed by atoms with E-state index in [0.29, 0.717) is 29.0 Å². The van der Waals surface area contributed by atoms with Gasteiger partial charge in [0.1, 0.15) is 17.9 Å². The SMILES string of the molecule is CCc1noc(C)c1C(=O)OCc1cccc([N+](=O)[O-])c1. The first-order valence-corrected chi connectivity index (χ1v) is 6.38. The van der Waals surface area contributed by atoms with Gasteiger partial charge < -0.3 is 9.26 Å². The Morgan fingerprint density at radius 3 is 2.90 bits per heavy atom. The molecule has 0 saturated heterocycles. The van der Waals surface area contributed by atoms with E-state index in [2.05, 4.69) is 5.16 Å². The second kappa shape index (κ2) is 6.17. The van der Waals surface area contributed by atoms with Crippen LogP contribution in [0.25, 0.3) is 0 Å². The van der Waals surface area contributed by atoms with Crippen molar-refractivity contribution in [3.63, 3.8) is 0 Å². The van der Waals surface area contributed by atoms with Crippen molar-refractivity contribution in [3.8, 4) is 0 Å². The highest BCUT2D eigenvalue weighted by Gasteiger charge is 2.20. The first-order chi connectivity index (χ1) is 10.0. The van der Waals surface area contributed by atoms with Gasteiger partial charge in [0.2, 0.25) is 0 Å². The van der Waals surface area contributed by atoms with E-state index in [1.807, 2.05) is 6.92 Å². The molecular weight excluding hydrogens is 276 g/mol. The van der Waals surface area contributed by atoms with Crippen LogP contribution >= 0.6 is 0 Å². The molecule has 0 saturated carbocycles. The van der Waals surface area contributed by atoms with E-state index in [1.54, 1.807) is 19.1 Å². The summed E-state index contributed by atoms with van der Waals surface area (Å²) < 4.78 is 10.1. The standard InChI is InChI=1S/C14H14N2O5/c1-3-12-13(9(2)21-15-12)14(17)20-8-10-5-4-6-11(7-10)16(18)19/h4-7H,3,8H2,1-2H3. The average Bonchev–Trinajstić information content (AvgIpc) is 2.86. The van der Waals surface area contributed by atoms with Gasteiger partial charge in [-0.05, 0) is 18.9 Å². The number of hydrogen-bond acceptors (Lipinski definition) is 6. The first-order valence-electron chi connectivity index (χ1n) is 6.38. The summed E-state index contributed by atoms with van der Waals surface area (Å²) in [5, 5.41) is 14.5. The van der Waals surface area contributed by atoms with E-state index < -0.39 is 10.9 Å². The Bertz CT molecular complexity index is 678. The van der Waals surface area contributed by atoms with Crippen molar-refractivity contribution in [2.75, 3.05) is 0 Å². The lowest BCUT2D eigenvalue weighted by Crippen LogP contribution is -2.08. The predicted octanol–water partition coefficient (Wildman–Crippen LogP) is 2.81. The summed E-state index contributed by atoms with van der Waals surface area (Å²) >= 11 is 0.